The monoisotopic (exact) mass is 774 g/mol. The molecule has 0 aliphatic heterocycles. The lowest BCUT2D eigenvalue weighted by Crippen LogP contribution is -2.15. The number of hydrogen-bond acceptors (Lipinski definition) is 8. The van der Waals surface area contributed by atoms with Crippen molar-refractivity contribution in [2.24, 2.45) is 0 Å². The molecule has 276 valence electrons. The maximum absolute atomic E-state index is 9.92. The Bertz CT molecular complexity index is 4530. The molecule has 13 rings (SSSR count). The van der Waals surface area contributed by atoms with Gasteiger partial charge < -0.3 is 17.7 Å². The number of benzene rings is 8. The maximum atomic E-state index is 9.92. The molecule has 0 saturated heterocycles. The Morgan fingerprint density at radius 3 is 1.64 bits per heavy atom. The van der Waals surface area contributed by atoms with Crippen LogP contribution in [0.5, 0.6) is 0 Å². The Labute approximate surface area is 353 Å². The summed E-state index contributed by atoms with van der Waals surface area (Å²) in [7, 11) is 0. The van der Waals surface area contributed by atoms with Gasteiger partial charge in [-0.1, -0.05) is 78.7 Å². The third kappa shape index (κ3) is 4.87. The van der Waals surface area contributed by atoms with E-state index >= 15 is 0 Å². The quantitative estimate of drug-likeness (QED) is 0.171. The molecule has 0 radical (unpaired) electrons. The second-order valence-electron chi connectivity index (χ2n) is 13.7. The van der Waals surface area contributed by atoms with E-state index in [1.165, 1.54) is 0 Å². The van der Waals surface area contributed by atoms with Gasteiger partial charge in [0.25, 0.3) is 0 Å². The number of anilines is 3. The lowest BCUT2D eigenvalue weighted by atomic mass is 10.1. The zero-order valence-electron chi connectivity index (χ0n) is 44.0. The van der Waals surface area contributed by atoms with Gasteiger partial charge in [0.2, 0.25) is 5.95 Å². The predicted octanol–water partition coefficient (Wildman–Crippen LogP) is 14.3. The summed E-state index contributed by atoms with van der Waals surface area (Å²) in [6.07, 6.45) is 0. The van der Waals surface area contributed by atoms with E-state index in [4.69, 9.17) is 45.0 Å². The number of nitrogens with zero attached hydrogens (tertiary/aromatic N) is 4. The topological polar surface area (TPSA) is 94.5 Å². The zero-order valence-corrected chi connectivity index (χ0v) is 30.0. The average molecular weight is 775 g/mol. The molecule has 5 aromatic heterocycles. The fourth-order valence-electron chi connectivity index (χ4n) is 7.68. The van der Waals surface area contributed by atoms with Crippen molar-refractivity contribution in [3.8, 4) is 22.8 Å². The van der Waals surface area contributed by atoms with E-state index in [1.807, 2.05) is 48.5 Å². The number of furan rings is 4. The summed E-state index contributed by atoms with van der Waals surface area (Å²) in [4.78, 5) is 16.0. The first-order valence-corrected chi connectivity index (χ1v) is 18.3. The van der Waals surface area contributed by atoms with Crippen LogP contribution < -0.4 is 4.90 Å². The van der Waals surface area contributed by atoms with Gasteiger partial charge in [-0.3, -0.25) is 4.90 Å². The summed E-state index contributed by atoms with van der Waals surface area (Å²) in [5, 5.41) is 1.78. The largest absolute Gasteiger partial charge is 0.456 e. The normalized spacial score (nSPS) is 15.4. The molecule has 8 heteroatoms. The van der Waals surface area contributed by atoms with E-state index in [0.29, 0.717) is 44.2 Å². The van der Waals surface area contributed by atoms with E-state index in [0.717, 1.165) is 15.7 Å². The van der Waals surface area contributed by atoms with Crippen molar-refractivity contribution in [2.75, 3.05) is 4.90 Å². The Morgan fingerprint density at radius 1 is 0.407 bits per heavy atom. The molecular weight excluding hydrogens is 733 g/mol. The molecule has 0 spiro atoms. The third-order valence-electron chi connectivity index (χ3n) is 10.3. The first-order chi connectivity index (χ1) is 35.0. The lowest BCUT2D eigenvalue weighted by Gasteiger charge is -2.24. The average Bonchev–Trinajstić information content (AvgIpc) is 4.20. The van der Waals surface area contributed by atoms with Crippen LogP contribution in [0.2, 0.25) is 0 Å². The predicted molar refractivity (Wildman–Crippen MR) is 234 cm³/mol. The lowest BCUT2D eigenvalue weighted by molar-refractivity contribution is 0.668. The van der Waals surface area contributed by atoms with E-state index in [-0.39, 0.29) is 33.2 Å². The van der Waals surface area contributed by atoms with E-state index in [2.05, 4.69) is 0 Å². The molecule has 8 aromatic carbocycles. The van der Waals surface area contributed by atoms with Gasteiger partial charge in [0.1, 0.15) is 44.7 Å². The second-order valence-corrected chi connectivity index (χ2v) is 13.7. The van der Waals surface area contributed by atoms with Crippen molar-refractivity contribution in [3.05, 3.63) is 170 Å². The van der Waals surface area contributed by atoms with Crippen molar-refractivity contribution >= 4 is 105 Å². The number of aromatic nitrogens is 3. The summed E-state index contributed by atoms with van der Waals surface area (Å²) in [6.45, 7) is 0. The molecule has 8 nitrogen and oxygen atoms in total. The van der Waals surface area contributed by atoms with Crippen LogP contribution in [0, 0.1) is 0 Å². The number of hydrogen-bond donors (Lipinski definition) is 0. The van der Waals surface area contributed by atoms with Gasteiger partial charge in [-0.25, -0.2) is 4.98 Å². The van der Waals surface area contributed by atoms with Gasteiger partial charge in [0.05, 0.1) is 36.0 Å². The van der Waals surface area contributed by atoms with Crippen molar-refractivity contribution in [3.63, 3.8) is 0 Å². The van der Waals surface area contributed by atoms with Gasteiger partial charge in [-0.2, -0.15) is 9.97 Å². The van der Waals surface area contributed by atoms with Crippen LogP contribution in [-0.4, -0.2) is 15.0 Å². The Balaban J connectivity index is 1.20. The van der Waals surface area contributed by atoms with E-state index in [1.54, 1.807) is 36.4 Å². The molecule has 0 saturated carbocycles. The number of para-hydroxylation sites is 4. The fraction of sp³-hybridized carbons (Fsp3) is 0. The van der Waals surface area contributed by atoms with E-state index < -0.39 is 124 Å². The van der Waals surface area contributed by atoms with Crippen LogP contribution in [0.25, 0.3) is 111 Å². The molecule has 0 atom stereocenters. The molecular formula is C51H28N4O4. The third-order valence-corrected chi connectivity index (χ3v) is 10.3. The van der Waals surface area contributed by atoms with Gasteiger partial charge in [-0.15, -0.1) is 0 Å². The molecule has 0 amide bonds. The van der Waals surface area contributed by atoms with Crippen LogP contribution in [-0.2, 0) is 0 Å². The SMILES string of the molecule is [2H]c1c([2H])c([2H])c2c(oc3c([2H])c(N(c4nc(-c5ccc6oc7ccccc7c6c5)nc(-c5ccc6oc7ccccc7c6c5)n4)c4c([2H])c([2H])c([2H])c5oc6c([2H])c([2H])c([2H])c([2H])c6c45)c([2H])c([2H])c32)c1[2H]. The van der Waals surface area contributed by atoms with E-state index in [9.17, 15) is 6.85 Å². The van der Waals surface area contributed by atoms with Crippen LogP contribution in [0.4, 0.5) is 17.3 Å². The molecule has 13 aromatic rings. The summed E-state index contributed by atoms with van der Waals surface area (Å²) < 4.78 is 151. The standard InChI is InChI=1S/C51H28N4O4/c1-5-15-40-32(10-1)35-23-22-31(28-47(35)59-40)55(39-14-9-19-46-48(39)36-13-4-8-18-43(36)58-46)51-53-49(29-20-24-44-37(26-29)33-11-2-6-16-41(33)56-44)52-50(54-51)30-21-25-45-38(27-30)34-12-3-7-17-42(34)57-45/h1-28H/i1D,4D,5D,8D,9D,10D,13D,14D,15D,18D,19D,22D,23D,28D. The van der Waals surface area contributed by atoms with Crippen molar-refractivity contribution in [1.82, 2.24) is 15.0 Å². The zero-order chi connectivity index (χ0) is 50.8. The summed E-state index contributed by atoms with van der Waals surface area (Å²) in [6, 6.07) is 15.9. The van der Waals surface area contributed by atoms with Crippen molar-refractivity contribution < 1.29 is 36.9 Å². The summed E-state index contributed by atoms with van der Waals surface area (Å²) in [5.74, 6) is -0.452. The number of rotatable bonds is 5. The highest BCUT2D eigenvalue weighted by Crippen LogP contribution is 2.44. The Kier molecular flexibility index (Phi) is 4.39. The highest BCUT2D eigenvalue weighted by molar-refractivity contribution is 6.14. The minimum Gasteiger partial charge on any atom is -0.456 e. The van der Waals surface area contributed by atoms with Crippen LogP contribution in [0.1, 0.15) is 19.2 Å². The van der Waals surface area contributed by atoms with Crippen LogP contribution in [0.15, 0.2) is 187 Å². The first kappa shape index (κ1) is 21.3. The van der Waals surface area contributed by atoms with Gasteiger partial charge >= 0.3 is 0 Å². The molecule has 0 bridgehead atoms. The van der Waals surface area contributed by atoms with Gasteiger partial charge in [-0.05, 0) is 84.8 Å². The molecule has 0 unspecified atom stereocenters. The van der Waals surface area contributed by atoms with Crippen LogP contribution >= 0.6 is 0 Å². The molecule has 0 aliphatic carbocycles. The molecule has 59 heavy (non-hydrogen) atoms. The molecule has 0 aliphatic rings. The first-order valence-electron chi connectivity index (χ1n) is 25.3. The minimum atomic E-state index is -0.766. The Hall–Kier alpha value is -8.23. The second kappa shape index (κ2) is 12.1. The highest BCUT2D eigenvalue weighted by Gasteiger charge is 2.25. The minimum absolute atomic E-state index is 0.00287. The highest BCUT2D eigenvalue weighted by atomic mass is 16.3. The molecule has 0 N–H and O–H groups in total. The Morgan fingerprint density at radius 2 is 0.949 bits per heavy atom. The van der Waals surface area contributed by atoms with Gasteiger partial charge in [0, 0.05) is 54.9 Å². The van der Waals surface area contributed by atoms with Crippen molar-refractivity contribution in [1.29, 1.82) is 0 Å². The maximum Gasteiger partial charge on any atom is 0.238 e. The smallest absolute Gasteiger partial charge is 0.238 e. The summed E-state index contributed by atoms with van der Waals surface area (Å²) >= 11 is 0. The fourth-order valence-corrected chi connectivity index (χ4v) is 7.68. The van der Waals surface area contributed by atoms with Gasteiger partial charge in [0.15, 0.2) is 11.6 Å². The molecule has 5 heterocycles. The van der Waals surface area contributed by atoms with Crippen LogP contribution in [0.3, 0.4) is 0 Å². The molecule has 0 fully saturated rings. The van der Waals surface area contributed by atoms with Crippen molar-refractivity contribution in [2.45, 2.75) is 0 Å². The summed E-state index contributed by atoms with van der Waals surface area (Å²) in [5.41, 5.74) is 0.359. The number of fused-ring (bicyclic) bond motifs is 12.